The van der Waals surface area contributed by atoms with Crippen molar-refractivity contribution >= 4 is 34.8 Å². The highest BCUT2D eigenvalue weighted by Crippen LogP contribution is 2.32. The number of H-pyrrole nitrogens is 1. The molecule has 202 valence electrons. The summed E-state index contributed by atoms with van der Waals surface area (Å²) in [7, 11) is 0. The van der Waals surface area contributed by atoms with Crippen molar-refractivity contribution in [3.8, 4) is 28.2 Å². The largest absolute Gasteiger partial charge is 0.323 e. The number of anilines is 1. The third-order valence-corrected chi connectivity index (χ3v) is 7.40. The Morgan fingerprint density at radius 2 is 1.93 bits per heavy atom. The lowest BCUT2D eigenvalue weighted by Gasteiger charge is -2.22. The van der Waals surface area contributed by atoms with E-state index in [1.807, 2.05) is 19.1 Å². The van der Waals surface area contributed by atoms with Gasteiger partial charge in [0.2, 0.25) is 5.91 Å². The molecule has 2 N–H and O–H groups in total. The molecule has 2 atom stereocenters. The molecule has 1 aliphatic heterocycles. The van der Waals surface area contributed by atoms with Crippen LogP contribution in [0.25, 0.3) is 28.2 Å². The van der Waals surface area contributed by atoms with Crippen LogP contribution in [0, 0.1) is 5.92 Å². The summed E-state index contributed by atoms with van der Waals surface area (Å²) in [6, 6.07) is 10.0. The molecule has 6 rings (SSSR count). The van der Waals surface area contributed by atoms with Crippen molar-refractivity contribution < 1.29 is 4.79 Å². The normalized spacial score (nSPS) is 17.4. The lowest BCUT2D eigenvalue weighted by atomic mass is 9.97. The maximum atomic E-state index is 13.6. The molecule has 2 bridgehead atoms. The van der Waals surface area contributed by atoms with Gasteiger partial charge in [0.15, 0.2) is 5.15 Å². The molecular formula is C27H23Cl2N9O2. The number of nitrogens with one attached hydrogen (secondary N) is 2. The van der Waals surface area contributed by atoms with Gasteiger partial charge in [0, 0.05) is 34.3 Å². The van der Waals surface area contributed by atoms with Gasteiger partial charge in [0.05, 0.1) is 53.2 Å². The Hall–Kier alpha value is -4.35. The topological polar surface area (TPSA) is 136 Å². The standard InChI is InChI=1S/C27H23Cl2N9O2/c1-15-3-2-4-23(20-9-16(7-8-30-20)26-21(12-32-35-26)33-27(15)40)37-14-31-19(11-25(37)39)18-10-17(28)5-6-22(18)38-13-24(29)34-36-38/h5-15,23H,2-4H2,1H3,(H,32,35)(H,33,40)/t15-,23+/m1/s1. The van der Waals surface area contributed by atoms with Gasteiger partial charge >= 0.3 is 0 Å². The molecule has 0 fully saturated rings. The Labute approximate surface area is 238 Å². The zero-order valence-electron chi connectivity index (χ0n) is 21.3. The molecule has 0 unspecified atom stereocenters. The molecule has 1 aliphatic rings. The Morgan fingerprint density at radius 3 is 2.73 bits per heavy atom. The highest BCUT2D eigenvalue weighted by Gasteiger charge is 2.23. The van der Waals surface area contributed by atoms with Crippen LogP contribution in [0.5, 0.6) is 0 Å². The first-order chi connectivity index (χ1) is 19.4. The average Bonchev–Trinajstić information content (AvgIpc) is 3.59. The van der Waals surface area contributed by atoms with Crippen LogP contribution < -0.4 is 10.9 Å². The molecule has 40 heavy (non-hydrogen) atoms. The number of aromatic nitrogens is 8. The van der Waals surface area contributed by atoms with Crippen LogP contribution >= 0.6 is 23.2 Å². The number of hydrogen-bond donors (Lipinski definition) is 2. The van der Waals surface area contributed by atoms with Crippen LogP contribution in [0.1, 0.15) is 37.9 Å². The van der Waals surface area contributed by atoms with Crippen LogP contribution in [0.4, 0.5) is 5.69 Å². The van der Waals surface area contributed by atoms with E-state index in [9.17, 15) is 9.59 Å². The van der Waals surface area contributed by atoms with Crippen molar-refractivity contribution in [2.24, 2.45) is 5.92 Å². The first-order valence-electron chi connectivity index (χ1n) is 12.6. The van der Waals surface area contributed by atoms with Gasteiger partial charge in [-0.25, -0.2) is 9.67 Å². The number of carbonyl (C=O) groups excluding carboxylic acids is 1. The summed E-state index contributed by atoms with van der Waals surface area (Å²) < 4.78 is 3.08. The van der Waals surface area contributed by atoms with Gasteiger partial charge in [-0.3, -0.25) is 24.2 Å². The van der Waals surface area contributed by atoms with E-state index in [2.05, 4.69) is 35.8 Å². The van der Waals surface area contributed by atoms with E-state index in [1.165, 1.54) is 17.1 Å². The molecule has 4 aromatic heterocycles. The van der Waals surface area contributed by atoms with Gasteiger partial charge in [-0.2, -0.15) is 5.10 Å². The van der Waals surface area contributed by atoms with Crippen LogP contribution in [0.3, 0.4) is 0 Å². The predicted molar refractivity (Wildman–Crippen MR) is 150 cm³/mol. The summed E-state index contributed by atoms with van der Waals surface area (Å²) in [6.07, 6.45) is 8.29. The monoisotopic (exact) mass is 575 g/mol. The molecule has 1 aromatic carbocycles. The maximum Gasteiger partial charge on any atom is 0.254 e. The molecular weight excluding hydrogens is 553 g/mol. The number of pyridine rings is 1. The SMILES string of the molecule is C[C@@H]1CCC[C@H](n2cnc(-c3cc(Cl)ccc3-n3cc(Cl)nn3)cc2=O)c2cc(ccn2)-c2[nH]ncc2NC1=O. The molecule has 0 spiro atoms. The molecule has 5 aromatic rings. The summed E-state index contributed by atoms with van der Waals surface area (Å²) in [5, 5.41) is 18.6. The number of amides is 1. The number of rotatable bonds is 3. The minimum atomic E-state index is -0.400. The summed E-state index contributed by atoms with van der Waals surface area (Å²) in [6.45, 7) is 1.89. The molecule has 11 nitrogen and oxygen atoms in total. The fourth-order valence-corrected chi connectivity index (χ4v) is 5.19. The minimum absolute atomic E-state index is 0.0803. The van der Waals surface area contributed by atoms with Crippen LogP contribution in [-0.2, 0) is 4.79 Å². The number of fused-ring (bicyclic) bond motifs is 4. The fraction of sp³-hybridized carbons (Fsp3) is 0.222. The van der Waals surface area contributed by atoms with E-state index in [0.29, 0.717) is 58.3 Å². The second-order valence-corrected chi connectivity index (χ2v) is 10.5. The van der Waals surface area contributed by atoms with E-state index >= 15 is 0 Å². The number of halogens is 2. The summed E-state index contributed by atoms with van der Waals surface area (Å²) in [4.78, 5) is 35.7. The van der Waals surface area contributed by atoms with E-state index in [4.69, 9.17) is 23.2 Å². The zero-order chi connectivity index (χ0) is 27.8. The van der Waals surface area contributed by atoms with Crippen LogP contribution in [-0.4, -0.2) is 45.6 Å². The molecule has 1 amide bonds. The number of nitrogens with zero attached hydrogens (tertiary/aromatic N) is 7. The van der Waals surface area contributed by atoms with E-state index in [0.717, 1.165) is 5.56 Å². The van der Waals surface area contributed by atoms with Gasteiger partial charge in [-0.1, -0.05) is 41.8 Å². The van der Waals surface area contributed by atoms with Crippen molar-refractivity contribution in [3.05, 3.63) is 87.5 Å². The molecule has 13 heteroatoms. The number of benzene rings is 1. The van der Waals surface area contributed by atoms with E-state index in [1.54, 1.807) is 41.4 Å². The third kappa shape index (κ3) is 5.01. The van der Waals surface area contributed by atoms with Gasteiger partial charge < -0.3 is 5.32 Å². The zero-order valence-corrected chi connectivity index (χ0v) is 22.8. The Morgan fingerprint density at radius 1 is 1.05 bits per heavy atom. The lowest BCUT2D eigenvalue weighted by molar-refractivity contribution is -0.119. The van der Waals surface area contributed by atoms with Gasteiger partial charge in [0.1, 0.15) is 0 Å². The van der Waals surface area contributed by atoms with Gasteiger partial charge in [-0.05, 0) is 43.2 Å². The van der Waals surface area contributed by atoms with Crippen molar-refractivity contribution in [1.82, 2.24) is 39.7 Å². The predicted octanol–water partition coefficient (Wildman–Crippen LogP) is 4.93. The van der Waals surface area contributed by atoms with Gasteiger partial charge in [0.25, 0.3) is 5.56 Å². The Kier molecular flexibility index (Phi) is 6.91. The fourth-order valence-electron chi connectivity index (χ4n) is 4.89. The smallest absolute Gasteiger partial charge is 0.254 e. The molecule has 0 aliphatic carbocycles. The Bertz CT molecular complexity index is 1780. The van der Waals surface area contributed by atoms with Crippen LogP contribution in [0.15, 0.2) is 66.1 Å². The molecule has 0 radical (unpaired) electrons. The number of carbonyl (C=O) groups is 1. The van der Waals surface area contributed by atoms with Gasteiger partial charge in [-0.15, -0.1) is 5.10 Å². The molecule has 0 saturated heterocycles. The van der Waals surface area contributed by atoms with Crippen molar-refractivity contribution in [2.75, 3.05) is 5.32 Å². The quantitative estimate of drug-likeness (QED) is 0.311. The summed E-state index contributed by atoms with van der Waals surface area (Å²) in [5.41, 5.74) is 4.16. The highest BCUT2D eigenvalue weighted by atomic mass is 35.5. The third-order valence-electron chi connectivity index (χ3n) is 6.99. The summed E-state index contributed by atoms with van der Waals surface area (Å²) in [5.74, 6) is -0.305. The highest BCUT2D eigenvalue weighted by molar-refractivity contribution is 6.31. The average molecular weight is 576 g/mol. The van der Waals surface area contributed by atoms with Crippen molar-refractivity contribution in [2.45, 2.75) is 32.2 Å². The first kappa shape index (κ1) is 25.9. The van der Waals surface area contributed by atoms with Crippen molar-refractivity contribution in [1.29, 1.82) is 0 Å². The number of aromatic amines is 1. The first-order valence-corrected chi connectivity index (χ1v) is 13.4. The van der Waals surface area contributed by atoms with E-state index < -0.39 is 6.04 Å². The second kappa shape index (κ2) is 10.7. The Balaban J connectivity index is 1.42. The molecule has 0 saturated carbocycles. The van der Waals surface area contributed by atoms with E-state index in [-0.39, 0.29) is 22.5 Å². The summed E-state index contributed by atoms with van der Waals surface area (Å²) >= 11 is 12.3. The molecule has 5 heterocycles. The van der Waals surface area contributed by atoms with Crippen molar-refractivity contribution in [3.63, 3.8) is 0 Å². The minimum Gasteiger partial charge on any atom is -0.323 e. The number of hydrogen-bond acceptors (Lipinski definition) is 7. The maximum absolute atomic E-state index is 13.6. The second-order valence-electron chi connectivity index (χ2n) is 9.63. The van der Waals surface area contributed by atoms with Crippen LogP contribution in [0.2, 0.25) is 10.2 Å². The lowest BCUT2D eigenvalue weighted by Crippen LogP contribution is -2.27.